The molecule has 0 bridgehead atoms. The molecule has 1 rings (SSSR count). The maximum Gasteiger partial charge on any atom is 0.339 e. The standard InChI is InChI=1S/C11H11N3O3/c1-2-3-10(13-12)11(15)8-4-6-9(7-5-8)14(16)17/h4-7H,2-3H2,1H3. The molecule has 0 N–H and O–H groups in total. The van der Waals surface area contributed by atoms with E-state index in [-0.39, 0.29) is 17.0 Å². The molecule has 0 radical (unpaired) electrons. The molecular weight excluding hydrogens is 222 g/mol. The maximum atomic E-state index is 11.8. The van der Waals surface area contributed by atoms with Crippen molar-refractivity contribution in [2.24, 2.45) is 0 Å². The van der Waals surface area contributed by atoms with E-state index in [1.54, 1.807) is 0 Å². The lowest BCUT2D eigenvalue weighted by Crippen LogP contribution is -2.15. The van der Waals surface area contributed by atoms with Crippen molar-refractivity contribution >= 4 is 17.2 Å². The van der Waals surface area contributed by atoms with Crippen LogP contribution < -0.4 is 0 Å². The summed E-state index contributed by atoms with van der Waals surface area (Å²) in [5.41, 5.74) is 8.94. The first-order chi connectivity index (χ1) is 8.10. The molecule has 0 aromatic heterocycles. The molecule has 1 aromatic carbocycles. The van der Waals surface area contributed by atoms with Gasteiger partial charge in [0.2, 0.25) is 0 Å². The molecule has 0 fully saturated rings. The highest BCUT2D eigenvalue weighted by molar-refractivity contribution is 6.43. The Morgan fingerprint density at radius 2 is 2.00 bits per heavy atom. The predicted molar refractivity (Wildman–Crippen MR) is 61.0 cm³/mol. The van der Waals surface area contributed by atoms with E-state index >= 15 is 0 Å². The zero-order chi connectivity index (χ0) is 12.8. The van der Waals surface area contributed by atoms with Crippen LogP contribution in [-0.4, -0.2) is 21.2 Å². The van der Waals surface area contributed by atoms with Gasteiger partial charge in [-0.15, -0.1) is 0 Å². The number of nitrogens with zero attached hydrogens (tertiary/aromatic N) is 3. The van der Waals surface area contributed by atoms with Gasteiger partial charge in [0.05, 0.1) is 11.3 Å². The van der Waals surface area contributed by atoms with Crippen molar-refractivity contribution in [3.05, 3.63) is 45.5 Å². The molecule has 6 nitrogen and oxygen atoms in total. The Hall–Kier alpha value is -2.33. The van der Waals surface area contributed by atoms with Gasteiger partial charge in [-0.25, -0.2) is 0 Å². The number of carbonyl (C=O) groups is 1. The van der Waals surface area contributed by atoms with Crippen molar-refractivity contribution < 1.29 is 14.5 Å². The van der Waals surface area contributed by atoms with E-state index in [4.69, 9.17) is 5.53 Å². The third-order valence-electron chi connectivity index (χ3n) is 2.21. The molecule has 0 amide bonds. The third kappa shape index (κ3) is 3.06. The van der Waals surface area contributed by atoms with Crippen molar-refractivity contribution in [2.75, 3.05) is 0 Å². The minimum Gasteiger partial charge on any atom is -0.361 e. The van der Waals surface area contributed by atoms with Gasteiger partial charge in [0.1, 0.15) is 0 Å². The van der Waals surface area contributed by atoms with Gasteiger partial charge in [0, 0.05) is 17.7 Å². The van der Waals surface area contributed by atoms with Crippen LogP contribution in [0.25, 0.3) is 5.53 Å². The summed E-state index contributed by atoms with van der Waals surface area (Å²) in [6.07, 6.45) is 1.05. The first-order valence-electron chi connectivity index (χ1n) is 5.10. The molecule has 0 aliphatic rings. The van der Waals surface area contributed by atoms with Crippen LogP contribution in [0.5, 0.6) is 0 Å². The molecule has 6 heteroatoms. The maximum absolute atomic E-state index is 11.8. The molecule has 0 unspecified atom stereocenters. The van der Waals surface area contributed by atoms with Gasteiger partial charge in [-0.2, -0.15) is 4.79 Å². The topological polar surface area (TPSA) is 96.6 Å². The molecular formula is C11H11N3O3. The highest BCUT2D eigenvalue weighted by atomic mass is 16.6. The lowest BCUT2D eigenvalue weighted by atomic mass is 10.0. The number of benzene rings is 1. The average Bonchev–Trinajstić information content (AvgIpc) is 2.35. The second kappa shape index (κ2) is 5.67. The van der Waals surface area contributed by atoms with Crippen LogP contribution in [0.15, 0.2) is 24.3 Å². The Balaban J connectivity index is 2.97. The fourth-order valence-corrected chi connectivity index (χ4v) is 1.35. The Bertz CT molecular complexity index is 487. The summed E-state index contributed by atoms with van der Waals surface area (Å²) in [6, 6.07) is 5.19. The molecule has 0 aliphatic heterocycles. The normalized spacial score (nSPS) is 9.47. The summed E-state index contributed by atoms with van der Waals surface area (Å²) in [7, 11) is 0. The quantitative estimate of drug-likeness (QED) is 0.195. The van der Waals surface area contributed by atoms with E-state index in [9.17, 15) is 14.9 Å². The largest absolute Gasteiger partial charge is 0.361 e. The summed E-state index contributed by atoms with van der Waals surface area (Å²) in [5.74, 6) is -0.413. The second-order valence-electron chi connectivity index (χ2n) is 3.43. The van der Waals surface area contributed by atoms with Gasteiger partial charge >= 0.3 is 5.71 Å². The molecule has 88 valence electrons. The van der Waals surface area contributed by atoms with Crippen LogP contribution in [0.2, 0.25) is 0 Å². The Labute approximate surface area is 97.7 Å². The number of ketones is 1. The Kier molecular flexibility index (Phi) is 4.25. The molecule has 0 saturated carbocycles. The van der Waals surface area contributed by atoms with Gasteiger partial charge in [-0.1, -0.05) is 6.92 Å². The zero-order valence-electron chi connectivity index (χ0n) is 9.29. The van der Waals surface area contributed by atoms with Gasteiger partial charge in [0.15, 0.2) is 0 Å². The predicted octanol–water partition coefficient (Wildman–Crippen LogP) is 2.25. The van der Waals surface area contributed by atoms with E-state index in [2.05, 4.69) is 4.79 Å². The van der Waals surface area contributed by atoms with Crippen molar-refractivity contribution in [1.29, 1.82) is 0 Å². The van der Waals surface area contributed by atoms with Crippen molar-refractivity contribution in [2.45, 2.75) is 19.8 Å². The van der Waals surface area contributed by atoms with Crippen molar-refractivity contribution in [3.8, 4) is 0 Å². The van der Waals surface area contributed by atoms with Crippen LogP contribution in [0, 0.1) is 10.1 Å². The van der Waals surface area contributed by atoms with Crippen LogP contribution in [0.1, 0.15) is 30.1 Å². The molecule has 0 aliphatic carbocycles. The number of hydrogen-bond acceptors (Lipinski definition) is 3. The van der Waals surface area contributed by atoms with Gasteiger partial charge in [-0.05, 0) is 18.6 Å². The summed E-state index contributed by atoms with van der Waals surface area (Å²) >= 11 is 0. The van der Waals surface area contributed by atoms with Gasteiger partial charge < -0.3 is 5.53 Å². The van der Waals surface area contributed by atoms with E-state index < -0.39 is 10.7 Å². The molecule has 0 heterocycles. The number of hydrogen-bond donors (Lipinski definition) is 0. The van der Waals surface area contributed by atoms with E-state index in [0.29, 0.717) is 12.8 Å². The van der Waals surface area contributed by atoms with Crippen LogP contribution in [0.4, 0.5) is 5.69 Å². The van der Waals surface area contributed by atoms with Crippen LogP contribution in [-0.2, 0) is 0 Å². The number of nitro benzene ring substituents is 1. The third-order valence-corrected chi connectivity index (χ3v) is 2.21. The molecule has 0 atom stereocenters. The van der Waals surface area contributed by atoms with Crippen molar-refractivity contribution in [1.82, 2.24) is 0 Å². The molecule has 1 aromatic rings. The minimum absolute atomic E-state index is 0.0568. The average molecular weight is 233 g/mol. The zero-order valence-corrected chi connectivity index (χ0v) is 9.29. The van der Waals surface area contributed by atoms with Gasteiger partial charge in [0.25, 0.3) is 11.5 Å². The van der Waals surface area contributed by atoms with E-state index in [1.165, 1.54) is 24.3 Å². The highest BCUT2D eigenvalue weighted by Gasteiger charge is 2.21. The van der Waals surface area contributed by atoms with Gasteiger partial charge in [-0.3, -0.25) is 14.9 Å². The fraction of sp³-hybridized carbons (Fsp3) is 0.273. The smallest absolute Gasteiger partial charge is 0.339 e. The first-order valence-corrected chi connectivity index (χ1v) is 5.10. The van der Waals surface area contributed by atoms with Crippen molar-refractivity contribution in [3.63, 3.8) is 0 Å². The number of non-ortho nitro benzene ring substituents is 1. The summed E-state index contributed by atoms with van der Waals surface area (Å²) in [6.45, 7) is 1.86. The summed E-state index contributed by atoms with van der Waals surface area (Å²) in [5, 5.41) is 10.4. The fourth-order valence-electron chi connectivity index (χ4n) is 1.35. The lowest BCUT2D eigenvalue weighted by Gasteiger charge is -1.96. The van der Waals surface area contributed by atoms with Crippen LogP contribution in [0.3, 0.4) is 0 Å². The van der Waals surface area contributed by atoms with E-state index in [0.717, 1.165) is 0 Å². The monoisotopic (exact) mass is 233 g/mol. The second-order valence-corrected chi connectivity index (χ2v) is 3.43. The number of rotatable bonds is 5. The van der Waals surface area contributed by atoms with E-state index in [1.807, 2.05) is 6.92 Å². The number of Topliss-reactive ketones (excluding diaryl/α,β-unsaturated/α-hetero) is 1. The molecule has 0 spiro atoms. The Morgan fingerprint density at radius 1 is 1.41 bits per heavy atom. The minimum atomic E-state index is -0.540. The summed E-state index contributed by atoms with van der Waals surface area (Å²) in [4.78, 5) is 24.6. The molecule has 17 heavy (non-hydrogen) atoms. The number of carbonyl (C=O) groups excluding carboxylic acids is 1. The Morgan fingerprint density at radius 3 is 2.41 bits per heavy atom. The first kappa shape index (κ1) is 12.7. The molecule has 0 saturated heterocycles. The number of nitro groups is 1. The summed E-state index contributed by atoms with van der Waals surface area (Å²) < 4.78 is 0. The highest BCUT2D eigenvalue weighted by Crippen LogP contribution is 2.13. The van der Waals surface area contributed by atoms with Crippen LogP contribution >= 0.6 is 0 Å². The SMILES string of the molecule is CCCC(=[N+]=[N-])C(=O)c1ccc([N+](=O)[O-])cc1. The lowest BCUT2D eigenvalue weighted by molar-refractivity contribution is -0.384.